The fourth-order valence-corrected chi connectivity index (χ4v) is 5.61. The van der Waals surface area contributed by atoms with Crippen molar-refractivity contribution in [1.82, 2.24) is 29.4 Å². The molecule has 4 aromatic rings. The average Bonchev–Trinajstić information content (AvgIpc) is 3.63. The Labute approximate surface area is 250 Å². The Hall–Kier alpha value is -4.41. The Morgan fingerprint density at radius 2 is 1.67 bits per heavy atom. The molecular weight excluding hydrogens is 548 g/mol. The summed E-state index contributed by atoms with van der Waals surface area (Å²) in [7, 11) is 1.60. The van der Waals surface area contributed by atoms with Crippen molar-refractivity contribution in [3.8, 4) is 28.3 Å². The van der Waals surface area contributed by atoms with E-state index in [0.29, 0.717) is 46.8 Å². The molecule has 0 N–H and O–H groups in total. The van der Waals surface area contributed by atoms with E-state index in [1.54, 1.807) is 18.2 Å². The minimum absolute atomic E-state index is 0.00371. The SMILES string of the molecule is COc1cc2c(nc1-c1cccc3c1CCC3)c(-c1cnn(C3CN(C(=O)OC(C)(C)C)C3)c1)nn2C(=O)OC(C)(C)C. The Kier molecular flexibility index (Phi) is 6.94. The summed E-state index contributed by atoms with van der Waals surface area (Å²) in [6.07, 6.45) is 5.77. The molecule has 6 rings (SSSR count). The number of likely N-dealkylation sites (tertiary alicyclic amines) is 1. The molecule has 226 valence electrons. The number of ether oxygens (including phenoxy) is 3. The number of carbonyl (C=O) groups excluding carboxylic acids is 2. The van der Waals surface area contributed by atoms with Crippen molar-refractivity contribution < 1.29 is 23.8 Å². The van der Waals surface area contributed by atoms with Crippen LogP contribution in [0.1, 0.15) is 65.1 Å². The quantitative estimate of drug-likeness (QED) is 0.285. The Balaban J connectivity index is 1.40. The lowest BCUT2D eigenvalue weighted by atomic mass is 9.99. The van der Waals surface area contributed by atoms with Crippen LogP contribution < -0.4 is 4.74 Å². The monoisotopic (exact) mass is 586 g/mol. The first-order chi connectivity index (χ1) is 20.3. The van der Waals surface area contributed by atoms with Gasteiger partial charge in [-0.3, -0.25) is 4.68 Å². The first-order valence-corrected chi connectivity index (χ1v) is 14.7. The van der Waals surface area contributed by atoms with Crippen LogP contribution in [-0.2, 0) is 22.3 Å². The molecule has 11 heteroatoms. The van der Waals surface area contributed by atoms with E-state index < -0.39 is 17.3 Å². The normalized spacial score (nSPS) is 15.4. The predicted molar refractivity (Wildman–Crippen MR) is 161 cm³/mol. The fourth-order valence-electron chi connectivity index (χ4n) is 5.61. The van der Waals surface area contributed by atoms with E-state index in [4.69, 9.17) is 24.3 Å². The summed E-state index contributed by atoms with van der Waals surface area (Å²) in [6, 6.07) is 8.10. The first-order valence-electron chi connectivity index (χ1n) is 14.7. The summed E-state index contributed by atoms with van der Waals surface area (Å²) < 4.78 is 20.1. The molecule has 1 fully saturated rings. The van der Waals surface area contributed by atoms with Crippen molar-refractivity contribution >= 4 is 23.2 Å². The van der Waals surface area contributed by atoms with Crippen molar-refractivity contribution in [1.29, 1.82) is 0 Å². The van der Waals surface area contributed by atoms with E-state index in [1.165, 1.54) is 15.8 Å². The lowest BCUT2D eigenvalue weighted by Gasteiger charge is -2.39. The Morgan fingerprint density at radius 3 is 2.37 bits per heavy atom. The lowest BCUT2D eigenvalue weighted by Crippen LogP contribution is -2.52. The van der Waals surface area contributed by atoms with Crippen molar-refractivity contribution in [3.63, 3.8) is 0 Å². The average molecular weight is 587 g/mol. The maximum absolute atomic E-state index is 13.3. The third-order valence-electron chi connectivity index (χ3n) is 7.57. The van der Waals surface area contributed by atoms with E-state index >= 15 is 0 Å². The highest BCUT2D eigenvalue weighted by Gasteiger charge is 2.36. The number of aromatic nitrogens is 5. The third kappa shape index (κ3) is 5.55. The maximum atomic E-state index is 13.3. The summed E-state index contributed by atoms with van der Waals surface area (Å²) in [5.74, 6) is 0.552. The molecule has 0 saturated carbocycles. The van der Waals surface area contributed by atoms with Crippen LogP contribution in [0.25, 0.3) is 33.5 Å². The Bertz CT molecular complexity index is 1720. The number of nitrogens with zero attached hydrogens (tertiary/aromatic N) is 6. The van der Waals surface area contributed by atoms with Crippen LogP contribution >= 0.6 is 0 Å². The fraction of sp³-hybridized carbons (Fsp3) is 0.469. The van der Waals surface area contributed by atoms with Gasteiger partial charge in [-0.1, -0.05) is 18.2 Å². The van der Waals surface area contributed by atoms with Crippen molar-refractivity contribution in [3.05, 3.63) is 47.8 Å². The molecule has 0 radical (unpaired) electrons. The van der Waals surface area contributed by atoms with E-state index in [1.807, 2.05) is 58.5 Å². The van der Waals surface area contributed by atoms with Gasteiger partial charge in [0.2, 0.25) is 0 Å². The highest BCUT2D eigenvalue weighted by Crippen LogP contribution is 2.39. The van der Waals surface area contributed by atoms with Crippen LogP contribution in [-0.4, -0.2) is 73.0 Å². The molecule has 0 unspecified atom stereocenters. The summed E-state index contributed by atoms with van der Waals surface area (Å²) in [5.41, 5.74) is 5.29. The van der Waals surface area contributed by atoms with E-state index in [0.717, 1.165) is 24.8 Å². The molecule has 1 aromatic carbocycles. The number of hydrogen-bond acceptors (Lipinski definition) is 8. The van der Waals surface area contributed by atoms with Gasteiger partial charge in [-0.25, -0.2) is 14.6 Å². The lowest BCUT2D eigenvalue weighted by molar-refractivity contribution is -0.000400. The number of fused-ring (bicyclic) bond motifs is 2. The topological polar surface area (TPSA) is 114 Å². The summed E-state index contributed by atoms with van der Waals surface area (Å²) in [5, 5.41) is 9.30. The minimum atomic E-state index is -0.716. The van der Waals surface area contributed by atoms with Gasteiger partial charge in [-0.15, -0.1) is 0 Å². The van der Waals surface area contributed by atoms with Crippen LogP contribution in [0, 0.1) is 0 Å². The maximum Gasteiger partial charge on any atom is 0.435 e. The van der Waals surface area contributed by atoms with Gasteiger partial charge in [0.05, 0.1) is 19.3 Å². The molecule has 1 saturated heterocycles. The van der Waals surface area contributed by atoms with Crippen LogP contribution in [0.3, 0.4) is 0 Å². The largest absolute Gasteiger partial charge is 0.494 e. The van der Waals surface area contributed by atoms with Crippen LogP contribution in [0.15, 0.2) is 36.7 Å². The predicted octanol–water partition coefficient (Wildman–Crippen LogP) is 6.03. The molecule has 4 heterocycles. The van der Waals surface area contributed by atoms with Gasteiger partial charge in [0.1, 0.15) is 39.4 Å². The van der Waals surface area contributed by atoms with Crippen LogP contribution in [0.5, 0.6) is 5.75 Å². The second kappa shape index (κ2) is 10.4. The van der Waals surface area contributed by atoms with Gasteiger partial charge >= 0.3 is 12.2 Å². The molecule has 3 aromatic heterocycles. The first kappa shape index (κ1) is 28.7. The summed E-state index contributed by atoms with van der Waals surface area (Å²) in [4.78, 5) is 32.5. The number of carbonyl (C=O) groups is 2. The molecule has 2 aliphatic rings. The second-order valence-electron chi connectivity index (χ2n) is 13.2. The van der Waals surface area contributed by atoms with Gasteiger partial charge in [-0.2, -0.15) is 14.9 Å². The number of hydrogen-bond donors (Lipinski definition) is 0. The zero-order valence-corrected chi connectivity index (χ0v) is 25.8. The number of benzene rings is 1. The molecule has 0 bridgehead atoms. The van der Waals surface area contributed by atoms with Gasteiger partial charge in [-0.05, 0) is 71.9 Å². The highest BCUT2D eigenvalue weighted by atomic mass is 16.6. The zero-order valence-electron chi connectivity index (χ0n) is 25.8. The molecular formula is C32H38N6O5. The van der Waals surface area contributed by atoms with Crippen molar-refractivity contribution in [2.24, 2.45) is 0 Å². The van der Waals surface area contributed by atoms with E-state index in [2.05, 4.69) is 23.3 Å². The number of amides is 1. The van der Waals surface area contributed by atoms with Crippen LogP contribution in [0.2, 0.25) is 0 Å². The number of pyridine rings is 1. The van der Waals surface area contributed by atoms with Gasteiger partial charge in [0.25, 0.3) is 0 Å². The summed E-state index contributed by atoms with van der Waals surface area (Å²) in [6.45, 7) is 12.0. The van der Waals surface area contributed by atoms with Gasteiger partial charge in [0.15, 0.2) is 0 Å². The summed E-state index contributed by atoms with van der Waals surface area (Å²) >= 11 is 0. The van der Waals surface area contributed by atoms with E-state index in [-0.39, 0.29) is 12.1 Å². The molecule has 43 heavy (non-hydrogen) atoms. The smallest absolute Gasteiger partial charge is 0.435 e. The Morgan fingerprint density at radius 1 is 0.953 bits per heavy atom. The number of methoxy groups -OCH3 is 1. The molecule has 11 nitrogen and oxygen atoms in total. The van der Waals surface area contributed by atoms with Gasteiger partial charge in [0, 0.05) is 36.5 Å². The van der Waals surface area contributed by atoms with Crippen molar-refractivity contribution in [2.45, 2.75) is 78.0 Å². The number of aryl methyl sites for hydroxylation is 1. The standard InChI is InChI=1S/C32H38N6O5/c1-31(2,3)42-29(39)36-17-21(18-36)37-16-20(15-33-37)26-28-24(38(35-26)30(40)43-32(4,5)6)14-25(41-7)27(34-28)23-13-9-11-19-10-8-12-22(19)23/h9,11,13-16,21H,8,10,12,17-18H2,1-7H3. The minimum Gasteiger partial charge on any atom is -0.494 e. The molecule has 1 aliphatic heterocycles. The molecule has 1 aliphatic carbocycles. The highest BCUT2D eigenvalue weighted by molar-refractivity contribution is 5.97. The second-order valence-corrected chi connectivity index (χ2v) is 13.2. The zero-order chi connectivity index (χ0) is 30.7. The van der Waals surface area contributed by atoms with E-state index in [9.17, 15) is 9.59 Å². The molecule has 1 amide bonds. The van der Waals surface area contributed by atoms with Gasteiger partial charge < -0.3 is 19.1 Å². The molecule has 0 spiro atoms. The van der Waals surface area contributed by atoms with Crippen LogP contribution in [0.4, 0.5) is 9.59 Å². The molecule has 0 atom stereocenters. The third-order valence-corrected chi connectivity index (χ3v) is 7.57. The van der Waals surface area contributed by atoms with Crippen molar-refractivity contribution in [2.75, 3.05) is 20.2 Å². The number of rotatable bonds is 4.